The number of hydrogen-bond donors (Lipinski definition) is 3. The van der Waals surface area contributed by atoms with Crippen molar-refractivity contribution in [3.63, 3.8) is 0 Å². The molecule has 0 saturated carbocycles. The minimum Gasteiger partial charge on any atom is -0.378 e. The highest BCUT2D eigenvalue weighted by Gasteiger charge is 2.01. The number of hydrogen-bond acceptors (Lipinski definition) is 4. The molecule has 0 amide bonds. The summed E-state index contributed by atoms with van der Waals surface area (Å²) in [5.41, 5.74) is 2.26. The summed E-state index contributed by atoms with van der Waals surface area (Å²) in [6.45, 7) is 2.58. The molecule has 1 heterocycles. The summed E-state index contributed by atoms with van der Waals surface area (Å²) in [5.74, 6) is 6.34. The van der Waals surface area contributed by atoms with Gasteiger partial charge in [0.2, 0.25) is 4.77 Å². The minimum atomic E-state index is 0.417. The van der Waals surface area contributed by atoms with Crippen molar-refractivity contribution in [1.82, 2.24) is 14.9 Å². The molecule has 84 valence electrons. The Morgan fingerprint density at radius 2 is 2.12 bits per heavy atom. The molecule has 6 heteroatoms. The second-order valence-corrected chi connectivity index (χ2v) is 3.92. The topological polar surface area (TPSA) is 71.7 Å². The summed E-state index contributed by atoms with van der Waals surface area (Å²) in [7, 11) is 0. The molecule has 4 N–H and O–H groups in total. The lowest BCUT2D eigenvalue weighted by Gasteiger charge is -2.05. The number of nitrogens with zero attached hydrogens (tertiary/aromatic N) is 2. The maximum absolute atomic E-state index is 5.67. The fraction of sp³-hybridized carbons (Fsp3) is 0.200. The van der Waals surface area contributed by atoms with Gasteiger partial charge in [0.05, 0.1) is 6.54 Å². The number of nitrogen functional groups attached to an aromatic ring is 1. The predicted molar refractivity (Wildman–Crippen MR) is 66.1 cm³/mol. The van der Waals surface area contributed by atoms with Gasteiger partial charge >= 0.3 is 0 Å². The summed E-state index contributed by atoms with van der Waals surface area (Å²) in [6.07, 6.45) is 0. The lowest BCUT2D eigenvalue weighted by atomic mass is 10.2. The summed E-state index contributed by atoms with van der Waals surface area (Å²) in [5, 5.41) is 9.85. The van der Waals surface area contributed by atoms with Gasteiger partial charge in [-0.3, -0.25) is 5.10 Å². The van der Waals surface area contributed by atoms with E-state index in [1.807, 2.05) is 24.3 Å². The van der Waals surface area contributed by atoms with Crippen LogP contribution in [-0.4, -0.2) is 14.9 Å². The number of H-pyrrole nitrogens is 1. The summed E-state index contributed by atoms with van der Waals surface area (Å²) >= 11 is 4.91. The molecular weight excluding hydrogens is 222 g/mol. The third-order valence-electron chi connectivity index (χ3n) is 2.28. The molecule has 5 nitrogen and oxygen atoms in total. The molecule has 1 aromatic heterocycles. The van der Waals surface area contributed by atoms with Gasteiger partial charge in [0.25, 0.3) is 0 Å². The molecule has 0 bridgehead atoms. The molecule has 1 aromatic carbocycles. The highest BCUT2D eigenvalue weighted by Crippen LogP contribution is 2.09. The van der Waals surface area contributed by atoms with Crippen LogP contribution in [0.1, 0.15) is 11.4 Å². The Morgan fingerprint density at radius 1 is 1.44 bits per heavy atom. The average molecular weight is 235 g/mol. The number of aryl methyl sites for hydroxylation is 1. The van der Waals surface area contributed by atoms with Crippen molar-refractivity contribution in [3.05, 3.63) is 40.4 Å². The highest BCUT2D eigenvalue weighted by molar-refractivity contribution is 7.71. The molecule has 16 heavy (non-hydrogen) atoms. The van der Waals surface area contributed by atoms with Crippen LogP contribution in [0, 0.1) is 11.7 Å². The number of aromatic nitrogens is 3. The van der Waals surface area contributed by atoms with Crippen LogP contribution < -0.4 is 11.2 Å². The lowest BCUT2D eigenvalue weighted by Crippen LogP contribution is -2.15. The first kappa shape index (κ1) is 10.7. The van der Waals surface area contributed by atoms with Gasteiger partial charge in [0.15, 0.2) is 5.82 Å². The average Bonchev–Trinajstić information content (AvgIpc) is 2.60. The van der Waals surface area contributed by atoms with Crippen molar-refractivity contribution in [2.45, 2.75) is 13.5 Å². The van der Waals surface area contributed by atoms with Gasteiger partial charge < -0.3 is 11.2 Å². The zero-order valence-corrected chi connectivity index (χ0v) is 9.71. The van der Waals surface area contributed by atoms with Crippen molar-refractivity contribution >= 4 is 17.9 Å². The van der Waals surface area contributed by atoms with Crippen LogP contribution in [0.25, 0.3) is 0 Å². The van der Waals surface area contributed by atoms with Gasteiger partial charge in [-0.15, -0.1) is 0 Å². The monoisotopic (exact) mass is 235 g/mol. The van der Waals surface area contributed by atoms with E-state index in [0.717, 1.165) is 5.69 Å². The molecule has 0 radical (unpaired) electrons. The van der Waals surface area contributed by atoms with Crippen LogP contribution in [0.2, 0.25) is 0 Å². The first-order valence-electron chi connectivity index (χ1n) is 4.89. The van der Waals surface area contributed by atoms with Crippen molar-refractivity contribution in [2.24, 2.45) is 0 Å². The second-order valence-electron chi connectivity index (χ2n) is 3.53. The first-order valence-corrected chi connectivity index (χ1v) is 5.29. The Hall–Kier alpha value is -1.82. The van der Waals surface area contributed by atoms with Crippen molar-refractivity contribution in [1.29, 1.82) is 0 Å². The standard InChI is InChI=1S/C10H13N5S/c1-7-2-4-8(5-3-7)12-6-9-13-14-10(16)15(9)11/h2-5,12H,6,11H2,1H3,(H,14,16). The van der Waals surface area contributed by atoms with Crippen LogP contribution >= 0.6 is 12.2 Å². The van der Waals surface area contributed by atoms with Crippen molar-refractivity contribution < 1.29 is 0 Å². The molecule has 2 aromatic rings. The van der Waals surface area contributed by atoms with Gasteiger partial charge in [0.1, 0.15) is 0 Å². The minimum absolute atomic E-state index is 0.417. The predicted octanol–water partition coefficient (Wildman–Crippen LogP) is 1.58. The smallest absolute Gasteiger partial charge is 0.214 e. The summed E-state index contributed by atoms with van der Waals surface area (Å²) in [6, 6.07) is 8.11. The maximum Gasteiger partial charge on any atom is 0.214 e. The van der Waals surface area contributed by atoms with E-state index >= 15 is 0 Å². The quantitative estimate of drug-likeness (QED) is 0.558. The Kier molecular flexibility index (Phi) is 2.91. The molecule has 0 aliphatic rings. The van der Waals surface area contributed by atoms with Gasteiger partial charge in [-0.2, -0.15) is 5.10 Å². The van der Waals surface area contributed by atoms with E-state index in [-0.39, 0.29) is 0 Å². The third-order valence-corrected chi connectivity index (χ3v) is 2.57. The first-order chi connectivity index (χ1) is 7.66. The number of rotatable bonds is 3. The molecule has 0 aliphatic heterocycles. The molecular formula is C10H13N5S. The third kappa shape index (κ3) is 2.22. The number of aromatic amines is 1. The number of nitrogens with one attached hydrogen (secondary N) is 2. The highest BCUT2D eigenvalue weighted by atomic mass is 32.1. The van der Waals surface area contributed by atoms with E-state index in [1.165, 1.54) is 10.2 Å². The van der Waals surface area contributed by atoms with E-state index in [9.17, 15) is 0 Å². The van der Waals surface area contributed by atoms with Crippen molar-refractivity contribution in [3.8, 4) is 0 Å². The SMILES string of the molecule is Cc1ccc(NCc2n[nH]c(=S)n2N)cc1. The van der Waals surface area contributed by atoms with E-state index in [2.05, 4.69) is 22.4 Å². The second kappa shape index (κ2) is 4.36. The molecule has 0 atom stereocenters. The van der Waals surface area contributed by atoms with E-state index in [1.54, 1.807) is 0 Å². The molecule has 2 rings (SSSR count). The van der Waals surface area contributed by atoms with Crippen molar-refractivity contribution in [2.75, 3.05) is 11.2 Å². The Labute approximate surface area is 98.3 Å². The van der Waals surface area contributed by atoms with Crippen LogP contribution in [0.15, 0.2) is 24.3 Å². The summed E-state index contributed by atoms with van der Waals surface area (Å²) in [4.78, 5) is 0. The molecule has 0 spiro atoms. The van der Waals surface area contributed by atoms with Crippen LogP contribution in [0.3, 0.4) is 0 Å². The van der Waals surface area contributed by atoms with Crippen LogP contribution in [-0.2, 0) is 6.54 Å². The summed E-state index contributed by atoms with van der Waals surface area (Å²) < 4.78 is 1.77. The Balaban J connectivity index is 2.05. The fourth-order valence-electron chi connectivity index (χ4n) is 1.31. The van der Waals surface area contributed by atoms with Gasteiger partial charge in [-0.05, 0) is 31.3 Å². The Morgan fingerprint density at radius 3 is 2.69 bits per heavy atom. The molecule has 0 aliphatic carbocycles. The normalized spacial score (nSPS) is 10.3. The van der Waals surface area contributed by atoms with E-state index < -0.39 is 0 Å². The molecule has 0 unspecified atom stereocenters. The number of anilines is 1. The number of benzene rings is 1. The lowest BCUT2D eigenvalue weighted by molar-refractivity contribution is 0.856. The van der Waals surface area contributed by atoms with E-state index in [4.69, 9.17) is 18.1 Å². The molecule has 0 fully saturated rings. The Bertz CT molecular complexity index is 525. The maximum atomic E-state index is 5.67. The fourth-order valence-corrected chi connectivity index (χ4v) is 1.47. The largest absolute Gasteiger partial charge is 0.378 e. The van der Waals surface area contributed by atoms with Gasteiger partial charge in [-0.25, -0.2) is 4.68 Å². The van der Waals surface area contributed by atoms with Crippen LogP contribution in [0.5, 0.6) is 0 Å². The number of nitrogens with two attached hydrogens (primary N) is 1. The van der Waals surface area contributed by atoms with E-state index in [0.29, 0.717) is 17.1 Å². The molecule has 0 saturated heterocycles. The van der Waals surface area contributed by atoms with Gasteiger partial charge in [0, 0.05) is 5.69 Å². The zero-order chi connectivity index (χ0) is 11.5. The van der Waals surface area contributed by atoms with Gasteiger partial charge in [-0.1, -0.05) is 17.7 Å². The van der Waals surface area contributed by atoms with Crippen LogP contribution in [0.4, 0.5) is 5.69 Å². The zero-order valence-electron chi connectivity index (χ0n) is 8.90.